The van der Waals surface area contributed by atoms with Gasteiger partial charge in [-0.15, -0.1) is 11.3 Å². The van der Waals surface area contributed by atoms with E-state index in [1.807, 2.05) is 0 Å². The van der Waals surface area contributed by atoms with Crippen LogP contribution in [0, 0.1) is 5.82 Å². The van der Waals surface area contributed by atoms with Crippen LogP contribution in [0.25, 0.3) is 10.2 Å². The highest BCUT2D eigenvalue weighted by atomic mass is 32.1. The molecule has 1 atom stereocenters. The molecule has 0 saturated carbocycles. The first-order chi connectivity index (χ1) is 17.1. The number of primary amides is 1. The number of carbonyl (C=O) groups excluding carboxylic acids is 2. The van der Waals surface area contributed by atoms with Gasteiger partial charge in [-0.1, -0.05) is 0 Å². The monoisotopic (exact) mass is 526 g/mol. The van der Waals surface area contributed by atoms with Gasteiger partial charge in [0.05, 0.1) is 29.0 Å². The Morgan fingerprint density at radius 2 is 1.97 bits per heavy atom. The number of aromatic nitrogens is 3. The number of carbonyl (C=O) groups is 2. The second kappa shape index (κ2) is 10.8. The summed E-state index contributed by atoms with van der Waals surface area (Å²) in [6.07, 6.45) is -3.20. The SMILES string of the molecule is NC(=O)C(c1nccc(C(F)(F)F)n1)c1nc2cc(F)c(C(=O)NCCCN3CCOCC3)cc2s1. The minimum Gasteiger partial charge on any atom is -0.379 e. The Balaban J connectivity index is 1.51. The number of rotatable bonds is 8. The van der Waals surface area contributed by atoms with E-state index < -0.39 is 41.2 Å². The molecule has 3 aromatic rings. The lowest BCUT2D eigenvalue weighted by molar-refractivity contribution is -0.141. The standard InChI is InChI=1S/C22H22F4N6O3S/c23-13-11-14-15(10-12(13)20(34)29-3-1-5-32-6-8-35-9-7-32)36-21(30-14)17(18(27)33)19-28-4-2-16(31-19)22(24,25)26/h2,4,10-11,17H,1,3,5-9H2,(H2,27,33)(H,29,34). The lowest BCUT2D eigenvalue weighted by atomic mass is 10.1. The van der Waals surface area contributed by atoms with Crippen molar-refractivity contribution in [2.75, 3.05) is 39.4 Å². The number of hydrogen-bond acceptors (Lipinski definition) is 8. The molecule has 14 heteroatoms. The van der Waals surface area contributed by atoms with Crippen molar-refractivity contribution >= 4 is 33.4 Å². The molecular weight excluding hydrogens is 504 g/mol. The number of nitrogens with zero attached hydrogens (tertiary/aromatic N) is 4. The number of hydrogen-bond donors (Lipinski definition) is 2. The zero-order valence-electron chi connectivity index (χ0n) is 18.8. The van der Waals surface area contributed by atoms with Crippen LogP contribution in [0.15, 0.2) is 24.4 Å². The van der Waals surface area contributed by atoms with Crippen LogP contribution < -0.4 is 11.1 Å². The maximum absolute atomic E-state index is 14.7. The zero-order chi connectivity index (χ0) is 25.9. The van der Waals surface area contributed by atoms with Crippen LogP contribution in [0.3, 0.4) is 0 Å². The lowest BCUT2D eigenvalue weighted by Gasteiger charge is -2.26. The van der Waals surface area contributed by atoms with E-state index in [-0.39, 0.29) is 16.1 Å². The number of ether oxygens (including phenoxy) is 1. The number of halogens is 4. The predicted octanol–water partition coefficient (Wildman–Crippen LogP) is 2.31. The average Bonchev–Trinajstić information content (AvgIpc) is 3.23. The maximum atomic E-state index is 14.7. The highest BCUT2D eigenvalue weighted by Crippen LogP contribution is 2.33. The van der Waals surface area contributed by atoms with Crippen molar-refractivity contribution in [3.8, 4) is 0 Å². The average molecular weight is 527 g/mol. The minimum absolute atomic E-state index is 0.0145. The Bertz CT molecular complexity index is 1260. The van der Waals surface area contributed by atoms with Crippen LogP contribution in [0.2, 0.25) is 0 Å². The number of alkyl halides is 3. The predicted molar refractivity (Wildman–Crippen MR) is 122 cm³/mol. The van der Waals surface area contributed by atoms with Gasteiger partial charge in [0.2, 0.25) is 5.91 Å². The number of benzene rings is 1. The Kier molecular flexibility index (Phi) is 7.76. The van der Waals surface area contributed by atoms with Gasteiger partial charge in [-0.25, -0.2) is 19.3 Å². The highest BCUT2D eigenvalue weighted by Gasteiger charge is 2.35. The summed E-state index contributed by atoms with van der Waals surface area (Å²) in [6, 6.07) is 2.98. The summed E-state index contributed by atoms with van der Waals surface area (Å²) >= 11 is 0.891. The summed E-state index contributed by atoms with van der Waals surface area (Å²) in [4.78, 5) is 38.3. The maximum Gasteiger partial charge on any atom is 0.433 e. The van der Waals surface area contributed by atoms with Crippen LogP contribution in [-0.2, 0) is 15.7 Å². The Morgan fingerprint density at radius 1 is 1.22 bits per heavy atom. The Labute approximate surface area is 206 Å². The summed E-state index contributed by atoms with van der Waals surface area (Å²) < 4.78 is 59.5. The van der Waals surface area contributed by atoms with Crippen molar-refractivity contribution < 1.29 is 31.9 Å². The van der Waals surface area contributed by atoms with E-state index in [2.05, 4.69) is 25.2 Å². The molecule has 2 aromatic heterocycles. The molecule has 192 valence electrons. The molecule has 1 unspecified atom stereocenters. The number of thiazole rings is 1. The third kappa shape index (κ3) is 5.94. The molecule has 1 fully saturated rings. The normalized spacial score (nSPS) is 15.7. The number of amides is 2. The molecule has 3 N–H and O–H groups in total. The first-order valence-electron chi connectivity index (χ1n) is 11.0. The van der Waals surface area contributed by atoms with E-state index in [0.717, 1.165) is 43.2 Å². The van der Waals surface area contributed by atoms with E-state index in [1.54, 1.807) is 0 Å². The van der Waals surface area contributed by atoms with Gasteiger partial charge in [0.1, 0.15) is 28.3 Å². The van der Waals surface area contributed by atoms with Gasteiger partial charge in [-0.05, 0) is 25.1 Å². The van der Waals surface area contributed by atoms with Gasteiger partial charge in [-0.2, -0.15) is 13.2 Å². The van der Waals surface area contributed by atoms with Gasteiger partial charge in [0.25, 0.3) is 5.91 Å². The molecule has 4 rings (SSSR count). The van der Waals surface area contributed by atoms with Crippen molar-refractivity contribution in [3.05, 3.63) is 52.3 Å². The van der Waals surface area contributed by atoms with Gasteiger partial charge < -0.3 is 15.8 Å². The number of morpholine rings is 1. The Hall–Kier alpha value is -3.23. The van der Waals surface area contributed by atoms with Crippen molar-refractivity contribution in [1.82, 2.24) is 25.2 Å². The highest BCUT2D eigenvalue weighted by molar-refractivity contribution is 7.18. The van der Waals surface area contributed by atoms with E-state index in [4.69, 9.17) is 10.5 Å². The molecule has 9 nitrogen and oxygen atoms in total. The number of nitrogens with two attached hydrogens (primary N) is 1. The first kappa shape index (κ1) is 25.9. The molecule has 1 aliphatic rings. The van der Waals surface area contributed by atoms with E-state index >= 15 is 0 Å². The molecular formula is C22H22F4N6O3S. The fraction of sp³-hybridized carbons (Fsp3) is 0.409. The van der Waals surface area contributed by atoms with Crippen molar-refractivity contribution in [2.45, 2.75) is 18.5 Å². The van der Waals surface area contributed by atoms with Gasteiger partial charge >= 0.3 is 6.18 Å². The molecule has 1 aromatic carbocycles. The van der Waals surface area contributed by atoms with E-state index in [0.29, 0.717) is 36.9 Å². The fourth-order valence-electron chi connectivity index (χ4n) is 3.72. The summed E-state index contributed by atoms with van der Waals surface area (Å²) in [6.45, 7) is 4.11. The fourth-order valence-corrected chi connectivity index (χ4v) is 4.81. The third-order valence-corrected chi connectivity index (χ3v) is 6.62. The molecule has 0 spiro atoms. The summed E-state index contributed by atoms with van der Waals surface area (Å²) in [5, 5.41) is 2.67. The van der Waals surface area contributed by atoms with E-state index in [9.17, 15) is 27.2 Å². The quantitative estimate of drug-likeness (QED) is 0.341. The van der Waals surface area contributed by atoms with E-state index in [1.165, 1.54) is 6.07 Å². The van der Waals surface area contributed by atoms with Crippen molar-refractivity contribution in [1.29, 1.82) is 0 Å². The van der Waals surface area contributed by atoms with Crippen LogP contribution in [-0.4, -0.2) is 71.1 Å². The summed E-state index contributed by atoms with van der Waals surface area (Å²) in [5.41, 5.74) is 4.10. The molecule has 2 amide bonds. The molecule has 0 aliphatic carbocycles. The van der Waals surface area contributed by atoms with Gasteiger partial charge in [0, 0.05) is 31.9 Å². The van der Waals surface area contributed by atoms with Crippen LogP contribution in [0.5, 0.6) is 0 Å². The zero-order valence-corrected chi connectivity index (χ0v) is 19.7. The topological polar surface area (TPSA) is 123 Å². The van der Waals surface area contributed by atoms with Crippen molar-refractivity contribution in [2.24, 2.45) is 5.73 Å². The lowest BCUT2D eigenvalue weighted by Crippen LogP contribution is -2.38. The molecule has 3 heterocycles. The molecule has 1 saturated heterocycles. The van der Waals surface area contributed by atoms with Crippen molar-refractivity contribution in [3.63, 3.8) is 0 Å². The molecule has 36 heavy (non-hydrogen) atoms. The molecule has 0 radical (unpaired) electrons. The second-order valence-electron chi connectivity index (χ2n) is 8.05. The number of nitrogens with one attached hydrogen (secondary N) is 1. The second-order valence-corrected chi connectivity index (χ2v) is 9.11. The summed E-state index contributed by atoms with van der Waals surface area (Å²) in [7, 11) is 0. The molecule has 1 aliphatic heterocycles. The Morgan fingerprint density at radius 3 is 2.67 bits per heavy atom. The summed E-state index contributed by atoms with van der Waals surface area (Å²) in [5.74, 6) is -4.41. The largest absolute Gasteiger partial charge is 0.433 e. The molecule has 0 bridgehead atoms. The van der Waals surface area contributed by atoms with Crippen LogP contribution in [0.1, 0.15) is 39.2 Å². The third-order valence-electron chi connectivity index (χ3n) is 5.53. The minimum atomic E-state index is -4.75. The van der Waals surface area contributed by atoms with Crippen LogP contribution >= 0.6 is 11.3 Å². The number of fused-ring (bicyclic) bond motifs is 1. The van der Waals surface area contributed by atoms with Crippen LogP contribution in [0.4, 0.5) is 17.6 Å². The first-order valence-corrected chi connectivity index (χ1v) is 11.8. The van der Waals surface area contributed by atoms with Gasteiger partial charge in [0.15, 0.2) is 0 Å². The smallest absolute Gasteiger partial charge is 0.379 e. The van der Waals surface area contributed by atoms with Gasteiger partial charge in [-0.3, -0.25) is 14.5 Å².